The van der Waals surface area contributed by atoms with E-state index in [9.17, 15) is 9.59 Å². The average molecular weight is 224 g/mol. The van der Waals surface area contributed by atoms with E-state index in [1.165, 1.54) is 18.1 Å². The molecule has 1 amide bonds. The second-order valence-corrected chi connectivity index (χ2v) is 3.60. The van der Waals surface area contributed by atoms with Crippen LogP contribution in [0.15, 0.2) is 6.33 Å². The van der Waals surface area contributed by atoms with Crippen molar-refractivity contribution in [2.24, 2.45) is 0 Å². The summed E-state index contributed by atoms with van der Waals surface area (Å²) in [5.74, 6) is -0.635. The molecule has 1 unspecified atom stereocenters. The molecule has 0 N–H and O–H groups in total. The number of methoxy groups -OCH3 is 1. The minimum absolute atomic E-state index is 0.0127. The van der Waals surface area contributed by atoms with Crippen molar-refractivity contribution in [1.82, 2.24) is 19.7 Å². The Morgan fingerprint density at radius 1 is 1.62 bits per heavy atom. The van der Waals surface area contributed by atoms with Crippen LogP contribution in [0, 0.1) is 0 Å². The Labute approximate surface area is 92.0 Å². The minimum Gasteiger partial charge on any atom is -0.463 e. The lowest BCUT2D eigenvalue weighted by Crippen LogP contribution is -2.24. The summed E-state index contributed by atoms with van der Waals surface area (Å²) in [6, 6.07) is -0.351. The van der Waals surface area contributed by atoms with Crippen LogP contribution in [0.3, 0.4) is 0 Å². The quantitative estimate of drug-likeness (QED) is 0.631. The topological polar surface area (TPSA) is 77.3 Å². The zero-order valence-electron chi connectivity index (χ0n) is 9.08. The zero-order chi connectivity index (χ0) is 11.7. The van der Waals surface area contributed by atoms with E-state index in [0.29, 0.717) is 13.0 Å². The number of hydrogen-bond acceptors (Lipinski definition) is 5. The fourth-order valence-corrected chi connectivity index (χ4v) is 1.66. The van der Waals surface area contributed by atoms with Crippen LogP contribution in [-0.2, 0) is 9.53 Å². The number of carbonyl (C=O) groups excluding carboxylic acids is 2. The van der Waals surface area contributed by atoms with Crippen LogP contribution in [0.1, 0.15) is 23.1 Å². The van der Waals surface area contributed by atoms with Gasteiger partial charge in [0.1, 0.15) is 12.4 Å². The fourth-order valence-electron chi connectivity index (χ4n) is 1.66. The summed E-state index contributed by atoms with van der Waals surface area (Å²) in [4.78, 5) is 28.2. The third kappa shape index (κ3) is 1.64. The molecule has 1 aliphatic rings. The van der Waals surface area contributed by atoms with Crippen LogP contribution >= 0.6 is 0 Å². The summed E-state index contributed by atoms with van der Waals surface area (Å²) in [6.07, 6.45) is 2.06. The van der Waals surface area contributed by atoms with E-state index < -0.39 is 5.97 Å². The SMILES string of the molecule is COC(=O)c1ncn(C2CCN(C)C2=O)n1. The Kier molecular flexibility index (Phi) is 2.59. The van der Waals surface area contributed by atoms with Crippen molar-refractivity contribution in [3.05, 3.63) is 12.2 Å². The highest BCUT2D eigenvalue weighted by molar-refractivity contribution is 5.85. The zero-order valence-corrected chi connectivity index (χ0v) is 9.08. The first-order valence-electron chi connectivity index (χ1n) is 4.88. The summed E-state index contributed by atoms with van der Waals surface area (Å²) in [5.41, 5.74) is 0. The number of rotatable bonds is 2. The molecule has 7 nitrogen and oxygen atoms in total. The van der Waals surface area contributed by atoms with Gasteiger partial charge in [0.2, 0.25) is 5.91 Å². The van der Waals surface area contributed by atoms with Gasteiger partial charge >= 0.3 is 5.97 Å². The van der Waals surface area contributed by atoms with Crippen LogP contribution in [0.5, 0.6) is 0 Å². The van der Waals surface area contributed by atoms with E-state index in [-0.39, 0.29) is 17.8 Å². The number of nitrogens with zero attached hydrogens (tertiary/aromatic N) is 4. The molecule has 1 fully saturated rings. The van der Waals surface area contributed by atoms with Crippen LogP contribution in [0.25, 0.3) is 0 Å². The van der Waals surface area contributed by atoms with Crippen molar-refractivity contribution in [2.75, 3.05) is 20.7 Å². The predicted molar refractivity (Wildman–Crippen MR) is 52.7 cm³/mol. The lowest BCUT2D eigenvalue weighted by molar-refractivity contribution is -0.129. The van der Waals surface area contributed by atoms with Crippen LogP contribution in [-0.4, -0.2) is 52.2 Å². The normalized spacial score (nSPS) is 20.2. The molecule has 16 heavy (non-hydrogen) atoms. The number of ether oxygens (including phenoxy) is 1. The molecule has 1 saturated heterocycles. The predicted octanol–water partition coefficient (Wildman–Crippen LogP) is -0.532. The number of amides is 1. The molecule has 1 aliphatic heterocycles. The Balaban J connectivity index is 2.19. The highest BCUT2D eigenvalue weighted by atomic mass is 16.5. The van der Waals surface area contributed by atoms with E-state index in [0.717, 1.165) is 0 Å². The van der Waals surface area contributed by atoms with Gasteiger partial charge in [-0.25, -0.2) is 14.5 Å². The summed E-state index contributed by atoms with van der Waals surface area (Å²) < 4.78 is 5.90. The maximum atomic E-state index is 11.7. The van der Waals surface area contributed by atoms with E-state index in [2.05, 4.69) is 14.8 Å². The second-order valence-electron chi connectivity index (χ2n) is 3.60. The van der Waals surface area contributed by atoms with Crippen LogP contribution in [0.2, 0.25) is 0 Å². The molecule has 1 atom stereocenters. The van der Waals surface area contributed by atoms with Gasteiger partial charge in [-0.3, -0.25) is 4.79 Å². The van der Waals surface area contributed by atoms with E-state index in [1.807, 2.05) is 0 Å². The van der Waals surface area contributed by atoms with Crippen molar-refractivity contribution in [3.63, 3.8) is 0 Å². The Morgan fingerprint density at radius 2 is 2.38 bits per heavy atom. The molecule has 0 aromatic carbocycles. The summed E-state index contributed by atoms with van der Waals surface area (Å²) in [5, 5.41) is 3.93. The van der Waals surface area contributed by atoms with Crippen molar-refractivity contribution in [1.29, 1.82) is 0 Å². The van der Waals surface area contributed by atoms with Crippen molar-refractivity contribution < 1.29 is 14.3 Å². The average Bonchev–Trinajstić information content (AvgIpc) is 2.87. The van der Waals surface area contributed by atoms with E-state index in [1.54, 1.807) is 11.9 Å². The fraction of sp³-hybridized carbons (Fsp3) is 0.556. The lowest BCUT2D eigenvalue weighted by atomic mass is 10.3. The largest absolute Gasteiger partial charge is 0.463 e. The van der Waals surface area contributed by atoms with Crippen LogP contribution in [0.4, 0.5) is 0 Å². The molecule has 2 rings (SSSR count). The molecule has 7 heteroatoms. The standard InChI is InChI=1S/C9H12N4O3/c1-12-4-3-6(8(12)14)13-5-10-7(11-13)9(15)16-2/h5-6H,3-4H2,1-2H3. The van der Waals surface area contributed by atoms with Crippen molar-refractivity contribution in [3.8, 4) is 0 Å². The molecule has 1 aromatic heterocycles. The summed E-state index contributed by atoms with van der Waals surface area (Å²) >= 11 is 0. The highest BCUT2D eigenvalue weighted by Crippen LogP contribution is 2.20. The number of aromatic nitrogens is 3. The first kappa shape index (κ1) is 10.6. The number of carbonyl (C=O) groups is 2. The van der Waals surface area contributed by atoms with Gasteiger partial charge in [0.05, 0.1) is 7.11 Å². The number of likely N-dealkylation sites (N-methyl/N-ethyl adjacent to an activating group) is 1. The molecular formula is C9H12N4O3. The third-order valence-electron chi connectivity index (χ3n) is 2.60. The maximum Gasteiger partial charge on any atom is 0.377 e. The van der Waals surface area contributed by atoms with Gasteiger partial charge in [-0.1, -0.05) is 0 Å². The van der Waals surface area contributed by atoms with Crippen LogP contribution < -0.4 is 0 Å². The third-order valence-corrected chi connectivity index (χ3v) is 2.60. The van der Waals surface area contributed by atoms with E-state index >= 15 is 0 Å². The van der Waals surface area contributed by atoms with Gasteiger partial charge < -0.3 is 9.64 Å². The maximum absolute atomic E-state index is 11.7. The highest BCUT2D eigenvalue weighted by Gasteiger charge is 2.31. The van der Waals surface area contributed by atoms with E-state index in [4.69, 9.17) is 0 Å². The smallest absolute Gasteiger partial charge is 0.377 e. The first-order chi connectivity index (χ1) is 7.63. The molecule has 0 bridgehead atoms. The Morgan fingerprint density at radius 3 is 2.94 bits per heavy atom. The minimum atomic E-state index is -0.599. The molecular weight excluding hydrogens is 212 g/mol. The van der Waals surface area contributed by atoms with Gasteiger partial charge in [-0.05, 0) is 6.42 Å². The number of hydrogen-bond donors (Lipinski definition) is 0. The van der Waals surface area contributed by atoms with Crippen molar-refractivity contribution in [2.45, 2.75) is 12.5 Å². The molecule has 0 spiro atoms. The molecule has 0 saturated carbocycles. The number of likely N-dealkylation sites (tertiary alicyclic amines) is 1. The van der Waals surface area contributed by atoms with Crippen molar-refractivity contribution >= 4 is 11.9 Å². The van der Waals surface area contributed by atoms with Gasteiger partial charge in [0.25, 0.3) is 5.82 Å². The molecule has 2 heterocycles. The molecule has 1 aromatic rings. The Bertz CT molecular complexity index is 428. The summed E-state index contributed by atoms with van der Waals surface area (Å²) in [6.45, 7) is 0.691. The Hall–Kier alpha value is -1.92. The molecule has 86 valence electrons. The van der Waals surface area contributed by atoms with Gasteiger partial charge in [0, 0.05) is 13.6 Å². The van der Waals surface area contributed by atoms with Gasteiger partial charge in [0.15, 0.2) is 0 Å². The first-order valence-corrected chi connectivity index (χ1v) is 4.88. The molecule has 0 radical (unpaired) electrons. The van der Waals surface area contributed by atoms with Gasteiger partial charge in [-0.2, -0.15) is 0 Å². The molecule has 0 aliphatic carbocycles. The second kappa shape index (κ2) is 3.92. The monoisotopic (exact) mass is 224 g/mol. The lowest BCUT2D eigenvalue weighted by Gasteiger charge is -2.09. The summed E-state index contributed by atoms with van der Waals surface area (Å²) in [7, 11) is 3.00. The number of esters is 1. The van der Waals surface area contributed by atoms with Gasteiger partial charge in [-0.15, -0.1) is 5.10 Å².